The summed E-state index contributed by atoms with van der Waals surface area (Å²) in [7, 11) is 0. The van der Waals surface area contributed by atoms with E-state index in [2.05, 4.69) is 16.3 Å². The van der Waals surface area contributed by atoms with Crippen LogP contribution >= 0.6 is 0 Å². The van der Waals surface area contributed by atoms with Crippen LogP contribution in [0.3, 0.4) is 0 Å². The van der Waals surface area contributed by atoms with Crippen LogP contribution in [0.4, 0.5) is 11.4 Å². The second-order valence-electron chi connectivity index (χ2n) is 5.25. The molecule has 18 heavy (non-hydrogen) atoms. The minimum atomic E-state index is -0.117. The molecule has 0 saturated heterocycles. The predicted molar refractivity (Wildman–Crippen MR) is 72.5 cm³/mol. The summed E-state index contributed by atoms with van der Waals surface area (Å²) in [5.74, 6) is 0.132. The number of carbonyl (C=O) groups is 1. The van der Waals surface area contributed by atoms with Gasteiger partial charge in [0.25, 0.3) is 0 Å². The van der Waals surface area contributed by atoms with E-state index in [-0.39, 0.29) is 11.9 Å². The fraction of sp³-hybridized carbons (Fsp3) is 0.500. The van der Waals surface area contributed by atoms with Gasteiger partial charge in [0.2, 0.25) is 5.91 Å². The minimum Gasteiger partial charge on any atom is -0.398 e. The molecule has 1 fully saturated rings. The summed E-state index contributed by atoms with van der Waals surface area (Å²) in [5, 5.41) is 3.06. The Morgan fingerprint density at radius 2 is 2.28 bits per heavy atom. The number of fused-ring (bicyclic) bond motifs is 1. The number of hydrogen-bond acceptors (Lipinski definition) is 3. The molecule has 1 aromatic carbocycles. The molecule has 1 unspecified atom stereocenters. The number of amides is 1. The maximum absolute atomic E-state index is 12.1. The molecule has 1 heterocycles. The highest BCUT2D eigenvalue weighted by molar-refractivity contribution is 5.86. The highest BCUT2D eigenvalue weighted by atomic mass is 16.2. The molecule has 0 bridgehead atoms. The van der Waals surface area contributed by atoms with E-state index in [1.165, 1.54) is 5.56 Å². The zero-order valence-electron chi connectivity index (χ0n) is 10.6. The summed E-state index contributed by atoms with van der Waals surface area (Å²) in [6.45, 7) is 2.85. The normalized spacial score (nSPS) is 19.5. The molecular weight excluding hydrogens is 226 g/mol. The van der Waals surface area contributed by atoms with Gasteiger partial charge in [0, 0.05) is 29.5 Å². The zero-order chi connectivity index (χ0) is 12.7. The van der Waals surface area contributed by atoms with Crippen molar-refractivity contribution in [3.05, 3.63) is 23.8 Å². The number of hydrogen-bond donors (Lipinski definition) is 2. The van der Waals surface area contributed by atoms with Crippen LogP contribution in [-0.4, -0.2) is 24.5 Å². The van der Waals surface area contributed by atoms with Gasteiger partial charge in [0.05, 0.1) is 0 Å². The molecule has 96 valence electrons. The standard InChI is InChI=1S/C14H19N3O/c1-9(14(18)16-10-5-6-10)17-8-7-11-12(15)3-2-4-13(11)17/h2-4,9-10H,5-8,15H2,1H3,(H,16,18). The second kappa shape index (κ2) is 4.19. The molecule has 1 amide bonds. The van der Waals surface area contributed by atoms with E-state index in [1.54, 1.807) is 0 Å². The van der Waals surface area contributed by atoms with Crippen molar-refractivity contribution >= 4 is 17.3 Å². The van der Waals surface area contributed by atoms with Gasteiger partial charge in [-0.1, -0.05) is 6.07 Å². The number of anilines is 2. The number of rotatable bonds is 3. The maximum Gasteiger partial charge on any atom is 0.242 e. The van der Waals surface area contributed by atoms with Crippen LogP contribution in [0.25, 0.3) is 0 Å². The lowest BCUT2D eigenvalue weighted by Crippen LogP contribution is -2.45. The predicted octanol–water partition coefficient (Wildman–Crippen LogP) is 1.30. The van der Waals surface area contributed by atoms with E-state index >= 15 is 0 Å². The minimum absolute atomic E-state index is 0.117. The molecule has 1 aliphatic heterocycles. The van der Waals surface area contributed by atoms with Crippen molar-refractivity contribution in [3.8, 4) is 0 Å². The molecule has 1 aliphatic carbocycles. The van der Waals surface area contributed by atoms with Crippen LogP contribution < -0.4 is 16.0 Å². The highest BCUT2D eigenvalue weighted by Gasteiger charge is 2.31. The molecule has 1 aromatic rings. The summed E-state index contributed by atoms with van der Waals surface area (Å²) >= 11 is 0. The fourth-order valence-electron chi connectivity index (χ4n) is 2.58. The molecule has 1 atom stereocenters. The summed E-state index contributed by atoms with van der Waals surface area (Å²) in [5.41, 5.74) is 9.11. The number of benzene rings is 1. The molecule has 4 nitrogen and oxygen atoms in total. The van der Waals surface area contributed by atoms with Crippen molar-refractivity contribution in [2.75, 3.05) is 17.2 Å². The van der Waals surface area contributed by atoms with E-state index in [0.29, 0.717) is 6.04 Å². The van der Waals surface area contributed by atoms with Gasteiger partial charge in [-0.2, -0.15) is 0 Å². The van der Waals surface area contributed by atoms with Crippen LogP contribution in [0, 0.1) is 0 Å². The van der Waals surface area contributed by atoms with E-state index < -0.39 is 0 Å². The molecule has 3 N–H and O–H groups in total. The Balaban J connectivity index is 1.78. The van der Waals surface area contributed by atoms with Gasteiger partial charge < -0.3 is 16.0 Å². The first kappa shape index (κ1) is 11.4. The second-order valence-corrected chi connectivity index (χ2v) is 5.25. The van der Waals surface area contributed by atoms with E-state index in [1.807, 2.05) is 19.1 Å². The van der Waals surface area contributed by atoms with Crippen molar-refractivity contribution in [2.24, 2.45) is 0 Å². The van der Waals surface area contributed by atoms with Crippen LogP contribution in [0.15, 0.2) is 18.2 Å². The van der Waals surface area contributed by atoms with Crippen molar-refractivity contribution in [2.45, 2.75) is 38.3 Å². The quantitative estimate of drug-likeness (QED) is 0.789. The SMILES string of the molecule is CC(C(=O)NC1CC1)N1CCc2c(N)cccc21. The molecule has 0 aromatic heterocycles. The number of nitrogens with zero attached hydrogens (tertiary/aromatic N) is 1. The molecule has 2 aliphatic rings. The Labute approximate surface area is 107 Å². The molecule has 1 saturated carbocycles. The van der Waals surface area contributed by atoms with Gasteiger partial charge in [-0.3, -0.25) is 4.79 Å². The fourth-order valence-corrected chi connectivity index (χ4v) is 2.58. The van der Waals surface area contributed by atoms with Crippen LogP contribution in [0.5, 0.6) is 0 Å². The first-order valence-electron chi connectivity index (χ1n) is 6.61. The summed E-state index contributed by atoms with van der Waals surface area (Å²) in [6, 6.07) is 6.24. The third kappa shape index (κ3) is 1.92. The van der Waals surface area contributed by atoms with Gasteiger partial charge in [-0.25, -0.2) is 0 Å². The lowest BCUT2D eigenvalue weighted by Gasteiger charge is -2.26. The van der Waals surface area contributed by atoms with Gasteiger partial charge in [-0.15, -0.1) is 0 Å². The third-order valence-corrected chi connectivity index (χ3v) is 3.87. The molecule has 0 radical (unpaired) electrons. The lowest BCUT2D eigenvalue weighted by atomic mass is 10.1. The zero-order valence-corrected chi connectivity index (χ0v) is 10.6. The van der Waals surface area contributed by atoms with Crippen molar-refractivity contribution in [1.29, 1.82) is 0 Å². The average Bonchev–Trinajstić information content (AvgIpc) is 3.05. The average molecular weight is 245 g/mol. The number of nitrogens with one attached hydrogen (secondary N) is 1. The van der Waals surface area contributed by atoms with Gasteiger partial charge in [-0.05, 0) is 38.3 Å². The Bertz CT molecular complexity index is 482. The first-order valence-corrected chi connectivity index (χ1v) is 6.61. The van der Waals surface area contributed by atoms with Gasteiger partial charge in [0.1, 0.15) is 6.04 Å². The number of nitrogen functional groups attached to an aromatic ring is 1. The van der Waals surface area contributed by atoms with Crippen molar-refractivity contribution in [3.63, 3.8) is 0 Å². The highest BCUT2D eigenvalue weighted by Crippen LogP contribution is 2.33. The Kier molecular flexibility index (Phi) is 2.65. The van der Waals surface area contributed by atoms with Crippen molar-refractivity contribution in [1.82, 2.24) is 5.32 Å². The molecule has 0 spiro atoms. The van der Waals surface area contributed by atoms with Gasteiger partial charge >= 0.3 is 0 Å². The third-order valence-electron chi connectivity index (χ3n) is 3.87. The Morgan fingerprint density at radius 1 is 1.50 bits per heavy atom. The number of nitrogens with two attached hydrogens (primary N) is 1. The molecule has 3 rings (SSSR count). The van der Waals surface area contributed by atoms with Crippen LogP contribution in [0.2, 0.25) is 0 Å². The largest absolute Gasteiger partial charge is 0.398 e. The van der Waals surface area contributed by atoms with Crippen molar-refractivity contribution < 1.29 is 4.79 Å². The molecule has 4 heteroatoms. The smallest absolute Gasteiger partial charge is 0.242 e. The van der Waals surface area contributed by atoms with Gasteiger partial charge in [0.15, 0.2) is 0 Å². The lowest BCUT2D eigenvalue weighted by molar-refractivity contribution is -0.122. The summed E-state index contributed by atoms with van der Waals surface area (Å²) < 4.78 is 0. The van der Waals surface area contributed by atoms with Crippen LogP contribution in [-0.2, 0) is 11.2 Å². The van der Waals surface area contributed by atoms with Crippen LogP contribution in [0.1, 0.15) is 25.3 Å². The number of carbonyl (C=O) groups excluding carboxylic acids is 1. The van der Waals surface area contributed by atoms with E-state index in [0.717, 1.165) is 37.2 Å². The van der Waals surface area contributed by atoms with E-state index in [4.69, 9.17) is 5.73 Å². The summed E-state index contributed by atoms with van der Waals surface area (Å²) in [6.07, 6.45) is 3.19. The summed E-state index contributed by atoms with van der Waals surface area (Å²) in [4.78, 5) is 14.2. The maximum atomic E-state index is 12.1. The molecular formula is C14H19N3O. The topological polar surface area (TPSA) is 58.4 Å². The monoisotopic (exact) mass is 245 g/mol. The Morgan fingerprint density at radius 3 is 3.00 bits per heavy atom. The Hall–Kier alpha value is -1.71. The first-order chi connectivity index (χ1) is 8.66. The van der Waals surface area contributed by atoms with E-state index in [9.17, 15) is 4.79 Å².